The number of thioether (sulfide) groups is 1. The molecule has 30 heavy (non-hydrogen) atoms. The Balaban J connectivity index is 2.01. The van der Waals surface area contributed by atoms with Crippen molar-refractivity contribution < 1.29 is 19.4 Å². The van der Waals surface area contributed by atoms with Crippen LogP contribution < -0.4 is 0 Å². The zero-order valence-corrected chi connectivity index (χ0v) is 19.9. The summed E-state index contributed by atoms with van der Waals surface area (Å²) < 4.78 is 5.59. The number of likely N-dealkylation sites (N-methyl/N-ethyl adjacent to an activating group) is 1. The zero-order valence-electron chi connectivity index (χ0n) is 19.1. The first-order valence-electron chi connectivity index (χ1n) is 10.6. The second-order valence-corrected chi connectivity index (χ2v) is 10.1. The summed E-state index contributed by atoms with van der Waals surface area (Å²) in [5.74, 6) is 0.0912. The molecule has 1 saturated heterocycles. The van der Waals surface area contributed by atoms with Gasteiger partial charge in [0.15, 0.2) is 0 Å². The molecule has 1 heterocycles. The third-order valence-corrected chi connectivity index (χ3v) is 6.75. The van der Waals surface area contributed by atoms with E-state index in [1.54, 1.807) is 28.8 Å². The molecule has 0 bridgehead atoms. The van der Waals surface area contributed by atoms with Crippen LogP contribution in [0.1, 0.15) is 46.1 Å². The first kappa shape index (κ1) is 24.4. The Labute approximate surface area is 185 Å². The van der Waals surface area contributed by atoms with Crippen molar-refractivity contribution in [1.29, 1.82) is 0 Å². The lowest BCUT2D eigenvalue weighted by molar-refractivity contribution is -0.134. The Morgan fingerprint density at radius 1 is 1.37 bits per heavy atom. The van der Waals surface area contributed by atoms with Crippen LogP contribution in [0.2, 0.25) is 0 Å². The van der Waals surface area contributed by atoms with Crippen molar-refractivity contribution in [3.8, 4) is 5.75 Å². The maximum Gasteiger partial charge on any atom is 0.410 e. The van der Waals surface area contributed by atoms with Crippen molar-refractivity contribution in [3.63, 3.8) is 0 Å². The number of rotatable bonds is 7. The van der Waals surface area contributed by atoms with Crippen LogP contribution in [0.25, 0.3) is 0 Å². The average Bonchev–Trinajstić information content (AvgIpc) is 3.14. The maximum absolute atomic E-state index is 13.1. The Bertz CT molecular complexity index is 734. The van der Waals surface area contributed by atoms with Crippen LogP contribution in [0.4, 0.5) is 4.79 Å². The van der Waals surface area contributed by atoms with Crippen LogP contribution in [0, 0.1) is 5.92 Å². The summed E-state index contributed by atoms with van der Waals surface area (Å²) in [7, 11) is 1.82. The van der Waals surface area contributed by atoms with Crippen LogP contribution in [0.15, 0.2) is 24.3 Å². The third kappa shape index (κ3) is 6.56. The van der Waals surface area contributed by atoms with Crippen LogP contribution in [0.5, 0.6) is 5.75 Å². The fourth-order valence-electron chi connectivity index (χ4n) is 3.98. The number of amides is 2. The predicted octanol–water partition coefficient (Wildman–Crippen LogP) is 4.16. The molecule has 7 heteroatoms. The van der Waals surface area contributed by atoms with Crippen molar-refractivity contribution in [2.45, 2.75) is 63.9 Å². The highest BCUT2D eigenvalue weighted by Crippen LogP contribution is 2.33. The molecule has 0 saturated carbocycles. The zero-order chi connectivity index (χ0) is 22.5. The van der Waals surface area contributed by atoms with Gasteiger partial charge in [0.25, 0.3) is 0 Å². The fraction of sp³-hybridized carbons (Fsp3) is 0.652. The van der Waals surface area contributed by atoms with E-state index in [1.807, 2.05) is 58.0 Å². The molecule has 1 aliphatic rings. The van der Waals surface area contributed by atoms with Crippen LogP contribution in [-0.4, -0.2) is 70.2 Å². The highest BCUT2D eigenvalue weighted by atomic mass is 32.2. The fourth-order valence-corrected chi connectivity index (χ4v) is 5.10. The number of hydrogen-bond donors (Lipinski definition) is 1. The molecular weight excluding hydrogens is 400 g/mol. The number of nitrogens with zero attached hydrogens (tertiary/aromatic N) is 2. The second kappa shape index (κ2) is 10.4. The van der Waals surface area contributed by atoms with Crippen LogP contribution in [0.3, 0.4) is 0 Å². The summed E-state index contributed by atoms with van der Waals surface area (Å²) in [5.41, 5.74) is 0.461. The molecule has 0 aromatic heterocycles. The molecule has 1 aromatic carbocycles. The molecular formula is C23H36N2O4S. The van der Waals surface area contributed by atoms with Gasteiger partial charge in [0, 0.05) is 37.3 Å². The van der Waals surface area contributed by atoms with Crippen molar-refractivity contribution in [2.24, 2.45) is 5.92 Å². The molecule has 168 valence electrons. The summed E-state index contributed by atoms with van der Waals surface area (Å²) in [6.07, 6.45) is 4.21. The lowest BCUT2D eigenvalue weighted by Crippen LogP contribution is -2.49. The number of carbonyl (C=O) groups is 2. The van der Waals surface area contributed by atoms with Crippen LogP contribution in [-0.2, 0) is 16.0 Å². The van der Waals surface area contributed by atoms with Gasteiger partial charge in [0.2, 0.25) is 5.91 Å². The molecule has 2 rings (SSSR count). The van der Waals surface area contributed by atoms with Crippen molar-refractivity contribution in [2.75, 3.05) is 26.4 Å². The Kier molecular flexibility index (Phi) is 8.47. The van der Waals surface area contributed by atoms with Crippen molar-refractivity contribution in [1.82, 2.24) is 9.80 Å². The maximum atomic E-state index is 13.1. The Morgan fingerprint density at radius 2 is 2.07 bits per heavy atom. The Morgan fingerprint density at radius 3 is 2.67 bits per heavy atom. The van der Waals surface area contributed by atoms with E-state index < -0.39 is 5.60 Å². The minimum atomic E-state index is -0.535. The number of aromatic hydroxyl groups is 1. The van der Waals surface area contributed by atoms with Crippen molar-refractivity contribution in [3.05, 3.63) is 29.8 Å². The summed E-state index contributed by atoms with van der Waals surface area (Å²) >= 11 is 1.65. The highest BCUT2D eigenvalue weighted by molar-refractivity contribution is 7.99. The van der Waals surface area contributed by atoms with Gasteiger partial charge in [-0.3, -0.25) is 4.79 Å². The van der Waals surface area contributed by atoms with E-state index in [4.69, 9.17) is 4.74 Å². The lowest BCUT2D eigenvalue weighted by atomic mass is 9.97. The van der Waals surface area contributed by atoms with Gasteiger partial charge >= 0.3 is 6.09 Å². The van der Waals surface area contributed by atoms with Crippen molar-refractivity contribution >= 4 is 23.8 Å². The molecule has 1 N–H and O–H groups in total. The normalized spacial score (nSPS) is 18.7. The predicted molar refractivity (Wildman–Crippen MR) is 122 cm³/mol. The van der Waals surface area contributed by atoms with E-state index in [1.165, 1.54) is 0 Å². The van der Waals surface area contributed by atoms with Gasteiger partial charge in [-0.2, -0.15) is 11.8 Å². The van der Waals surface area contributed by atoms with E-state index >= 15 is 0 Å². The van der Waals surface area contributed by atoms with Gasteiger partial charge in [0.05, 0.1) is 0 Å². The highest BCUT2D eigenvalue weighted by Gasteiger charge is 2.41. The molecule has 0 radical (unpaired) electrons. The van der Waals surface area contributed by atoms with Gasteiger partial charge in [-0.05, 0) is 64.0 Å². The largest absolute Gasteiger partial charge is 0.508 e. The number of benzene rings is 1. The van der Waals surface area contributed by atoms with Gasteiger partial charge in [-0.25, -0.2) is 4.79 Å². The molecule has 3 atom stereocenters. The summed E-state index contributed by atoms with van der Waals surface area (Å²) in [5, 5.41) is 9.63. The summed E-state index contributed by atoms with van der Waals surface area (Å²) in [6, 6.07) is 7.12. The SMILES string of the molecule is CS[C@H]([C@@H](C)C(=O)N(C)CCc1cccc(O)c1)[C@@H]1CCCN1C(=O)OC(C)(C)C. The number of phenolic OH excluding ortho intramolecular Hbond substituents is 1. The minimum absolute atomic E-state index is 0.00623. The van der Waals surface area contributed by atoms with E-state index in [-0.39, 0.29) is 35.0 Å². The van der Waals surface area contributed by atoms with E-state index in [0.717, 1.165) is 18.4 Å². The first-order chi connectivity index (χ1) is 14.0. The average molecular weight is 437 g/mol. The molecule has 0 spiro atoms. The number of ether oxygens (including phenoxy) is 1. The van der Waals surface area contributed by atoms with Crippen LogP contribution >= 0.6 is 11.8 Å². The van der Waals surface area contributed by atoms with E-state index in [9.17, 15) is 14.7 Å². The monoisotopic (exact) mass is 436 g/mol. The minimum Gasteiger partial charge on any atom is -0.508 e. The second-order valence-electron chi connectivity index (χ2n) is 9.05. The standard InChI is InChI=1S/C23H36N2O4S/c1-16(21(27)24(5)14-12-17-9-7-10-18(26)15-17)20(30-6)19-11-8-13-25(19)22(28)29-23(2,3)4/h7,9-10,15-16,19-20,26H,8,11-14H2,1-6H3/t16-,19+,20-/m1/s1. The van der Waals surface area contributed by atoms with E-state index in [0.29, 0.717) is 19.5 Å². The molecule has 1 fully saturated rings. The summed E-state index contributed by atoms with van der Waals surface area (Å²) in [6.45, 7) is 8.82. The molecule has 2 amide bonds. The number of phenols is 1. The number of hydrogen-bond acceptors (Lipinski definition) is 5. The van der Waals surface area contributed by atoms with Gasteiger partial charge < -0.3 is 19.6 Å². The molecule has 0 aliphatic carbocycles. The number of carbonyl (C=O) groups excluding carboxylic acids is 2. The lowest BCUT2D eigenvalue weighted by Gasteiger charge is -2.35. The molecule has 1 aliphatic heterocycles. The molecule has 0 unspecified atom stereocenters. The van der Waals surface area contributed by atoms with Gasteiger partial charge in [-0.15, -0.1) is 0 Å². The topological polar surface area (TPSA) is 70.1 Å². The smallest absolute Gasteiger partial charge is 0.410 e. The Hall–Kier alpha value is -1.89. The first-order valence-corrected chi connectivity index (χ1v) is 11.9. The van der Waals surface area contributed by atoms with Gasteiger partial charge in [-0.1, -0.05) is 19.1 Å². The van der Waals surface area contributed by atoms with Gasteiger partial charge in [0.1, 0.15) is 11.4 Å². The third-order valence-electron chi connectivity index (χ3n) is 5.48. The molecule has 6 nitrogen and oxygen atoms in total. The number of likely N-dealkylation sites (tertiary alicyclic amines) is 1. The molecule has 1 aromatic rings. The summed E-state index contributed by atoms with van der Waals surface area (Å²) in [4.78, 5) is 29.4. The quantitative estimate of drug-likeness (QED) is 0.695. The van der Waals surface area contributed by atoms with E-state index in [2.05, 4.69) is 0 Å².